The molecule has 1 aromatic rings. The molecule has 19 heavy (non-hydrogen) atoms. The van der Waals surface area contributed by atoms with Crippen molar-refractivity contribution in [3.63, 3.8) is 0 Å². The Kier molecular flexibility index (Phi) is 4.83. The number of benzene rings is 1. The first-order valence-electron chi connectivity index (χ1n) is 7.29. The van der Waals surface area contributed by atoms with Crippen molar-refractivity contribution in [1.82, 2.24) is 0 Å². The van der Waals surface area contributed by atoms with Crippen molar-refractivity contribution >= 4 is 5.69 Å². The summed E-state index contributed by atoms with van der Waals surface area (Å²) in [6, 6.07) is 8.60. The highest BCUT2D eigenvalue weighted by Gasteiger charge is 2.33. The van der Waals surface area contributed by atoms with E-state index >= 15 is 0 Å². The van der Waals surface area contributed by atoms with Crippen molar-refractivity contribution in [3.05, 3.63) is 29.8 Å². The quantitative estimate of drug-likeness (QED) is 0.886. The normalized spacial score (nSPS) is 18.3. The lowest BCUT2D eigenvalue weighted by Crippen LogP contribution is -2.46. The van der Waals surface area contributed by atoms with E-state index in [0.29, 0.717) is 0 Å². The third-order valence-electron chi connectivity index (χ3n) is 4.35. The highest BCUT2D eigenvalue weighted by molar-refractivity contribution is 5.53. The fourth-order valence-corrected chi connectivity index (χ4v) is 2.92. The molecule has 2 rings (SSSR count). The molecule has 0 radical (unpaired) electrons. The van der Waals surface area contributed by atoms with Gasteiger partial charge in [0.1, 0.15) is 0 Å². The third-order valence-corrected chi connectivity index (χ3v) is 4.35. The van der Waals surface area contributed by atoms with E-state index in [-0.39, 0.29) is 5.41 Å². The molecule has 0 spiro atoms. The molecule has 106 valence electrons. The number of para-hydroxylation sites is 1. The second kappa shape index (κ2) is 6.40. The van der Waals surface area contributed by atoms with Gasteiger partial charge in [0.15, 0.2) is 0 Å². The Hall–Kier alpha value is -1.06. The van der Waals surface area contributed by atoms with Crippen molar-refractivity contribution in [3.8, 4) is 0 Å². The lowest BCUT2D eigenvalue weighted by molar-refractivity contribution is 0.0225. The van der Waals surface area contributed by atoms with Gasteiger partial charge in [-0.1, -0.05) is 18.2 Å². The highest BCUT2D eigenvalue weighted by Crippen LogP contribution is 2.32. The Morgan fingerprint density at radius 3 is 2.53 bits per heavy atom. The number of aryl methyl sites for hydroxylation is 1. The van der Waals surface area contributed by atoms with Crippen LogP contribution in [0.5, 0.6) is 0 Å². The Morgan fingerprint density at radius 1 is 1.26 bits per heavy atom. The molecule has 0 bridgehead atoms. The van der Waals surface area contributed by atoms with Crippen LogP contribution in [0.15, 0.2) is 24.3 Å². The smallest absolute Gasteiger partial charge is 0.0472 e. The zero-order valence-corrected chi connectivity index (χ0v) is 12.2. The van der Waals surface area contributed by atoms with E-state index in [2.05, 4.69) is 43.0 Å². The van der Waals surface area contributed by atoms with Gasteiger partial charge in [0.05, 0.1) is 0 Å². The predicted octanol–water partition coefficient (Wildman–Crippen LogP) is 2.58. The Balaban J connectivity index is 2.16. The molecule has 1 heterocycles. The molecule has 0 aromatic heterocycles. The lowest BCUT2D eigenvalue weighted by atomic mass is 9.79. The summed E-state index contributed by atoms with van der Waals surface area (Å²) in [7, 11) is 0. The second-order valence-electron chi connectivity index (χ2n) is 5.62. The first-order chi connectivity index (χ1) is 9.21. The fraction of sp³-hybridized carbons (Fsp3) is 0.625. The maximum Gasteiger partial charge on any atom is 0.0472 e. The number of anilines is 1. The van der Waals surface area contributed by atoms with Gasteiger partial charge in [-0.2, -0.15) is 0 Å². The van der Waals surface area contributed by atoms with Gasteiger partial charge in [-0.05, 0) is 44.9 Å². The van der Waals surface area contributed by atoms with Crippen LogP contribution >= 0.6 is 0 Å². The number of hydrogen-bond donors (Lipinski definition) is 1. The van der Waals surface area contributed by atoms with Crippen molar-refractivity contribution < 1.29 is 4.74 Å². The first kappa shape index (κ1) is 14.4. The van der Waals surface area contributed by atoms with Crippen molar-refractivity contribution in [2.75, 3.05) is 37.7 Å². The Labute approximate surface area is 116 Å². The average molecular weight is 262 g/mol. The van der Waals surface area contributed by atoms with Gasteiger partial charge in [0.25, 0.3) is 0 Å². The van der Waals surface area contributed by atoms with Crippen LogP contribution in [-0.4, -0.2) is 32.8 Å². The molecule has 1 saturated heterocycles. The van der Waals surface area contributed by atoms with Crippen LogP contribution in [0, 0.1) is 12.3 Å². The molecule has 0 unspecified atom stereocenters. The van der Waals surface area contributed by atoms with E-state index < -0.39 is 0 Å². The van der Waals surface area contributed by atoms with Crippen LogP contribution in [0.2, 0.25) is 0 Å². The Bertz CT molecular complexity index is 399. The number of hydrogen-bond acceptors (Lipinski definition) is 3. The number of nitrogens with zero attached hydrogens (tertiary/aromatic N) is 1. The monoisotopic (exact) mass is 262 g/mol. The maximum absolute atomic E-state index is 6.08. The van der Waals surface area contributed by atoms with Crippen molar-refractivity contribution in [2.45, 2.75) is 26.7 Å². The molecule has 3 heteroatoms. The molecule has 0 atom stereocenters. The van der Waals surface area contributed by atoms with Crippen LogP contribution < -0.4 is 10.6 Å². The predicted molar refractivity (Wildman–Crippen MR) is 80.6 cm³/mol. The Morgan fingerprint density at radius 2 is 1.95 bits per heavy atom. The number of rotatable bonds is 5. The van der Waals surface area contributed by atoms with Gasteiger partial charge in [-0.15, -0.1) is 0 Å². The van der Waals surface area contributed by atoms with Crippen LogP contribution in [0.3, 0.4) is 0 Å². The first-order valence-corrected chi connectivity index (χ1v) is 7.29. The third kappa shape index (κ3) is 3.28. The molecule has 0 amide bonds. The topological polar surface area (TPSA) is 38.5 Å². The summed E-state index contributed by atoms with van der Waals surface area (Å²) in [5, 5.41) is 0. The average Bonchev–Trinajstić information content (AvgIpc) is 2.47. The molecule has 1 aliphatic rings. The van der Waals surface area contributed by atoms with Crippen molar-refractivity contribution in [1.29, 1.82) is 0 Å². The minimum atomic E-state index is 0.219. The molecule has 1 fully saturated rings. The zero-order valence-electron chi connectivity index (χ0n) is 12.2. The molecule has 0 saturated carbocycles. The number of ether oxygens (including phenoxy) is 1. The van der Waals surface area contributed by atoms with Gasteiger partial charge in [0, 0.05) is 37.4 Å². The molecule has 1 aliphatic heterocycles. The highest BCUT2D eigenvalue weighted by atomic mass is 16.5. The van der Waals surface area contributed by atoms with E-state index in [1.165, 1.54) is 11.3 Å². The maximum atomic E-state index is 6.08. The van der Waals surface area contributed by atoms with E-state index in [1.54, 1.807) is 0 Å². The summed E-state index contributed by atoms with van der Waals surface area (Å²) >= 11 is 0. The van der Waals surface area contributed by atoms with Gasteiger partial charge in [0.2, 0.25) is 0 Å². The van der Waals surface area contributed by atoms with Crippen LogP contribution in [0.4, 0.5) is 5.69 Å². The van der Waals surface area contributed by atoms with E-state index in [1.807, 2.05) is 0 Å². The molecule has 2 N–H and O–H groups in total. The number of nitrogens with two attached hydrogens (primary N) is 1. The van der Waals surface area contributed by atoms with Gasteiger partial charge >= 0.3 is 0 Å². The SMILES string of the molecule is CCN(CC1(CN)CCOCC1)c1ccccc1C. The lowest BCUT2D eigenvalue weighted by Gasteiger charge is -2.41. The molecule has 1 aromatic carbocycles. The van der Waals surface area contributed by atoms with Gasteiger partial charge in [-0.25, -0.2) is 0 Å². The summed E-state index contributed by atoms with van der Waals surface area (Å²) in [4.78, 5) is 2.47. The van der Waals surface area contributed by atoms with E-state index in [4.69, 9.17) is 10.5 Å². The largest absolute Gasteiger partial charge is 0.381 e. The summed E-state index contributed by atoms with van der Waals surface area (Å²) in [6.07, 6.45) is 2.15. The summed E-state index contributed by atoms with van der Waals surface area (Å²) in [5.74, 6) is 0. The summed E-state index contributed by atoms with van der Waals surface area (Å²) in [6.45, 7) is 8.90. The van der Waals surface area contributed by atoms with Crippen LogP contribution in [0.1, 0.15) is 25.3 Å². The van der Waals surface area contributed by atoms with Gasteiger partial charge < -0.3 is 15.4 Å². The van der Waals surface area contributed by atoms with Gasteiger partial charge in [-0.3, -0.25) is 0 Å². The fourth-order valence-electron chi connectivity index (χ4n) is 2.92. The zero-order chi connectivity index (χ0) is 13.7. The van der Waals surface area contributed by atoms with Crippen LogP contribution in [0.25, 0.3) is 0 Å². The molecule has 3 nitrogen and oxygen atoms in total. The minimum Gasteiger partial charge on any atom is -0.381 e. The summed E-state index contributed by atoms with van der Waals surface area (Å²) < 4.78 is 5.50. The van der Waals surface area contributed by atoms with Crippen molar-refractivity contribution in [2.24, 2.45) is 11.1 Å². The van der Waals surface area contributed by atoms with Crippen LogP contribution in [-0.2, 0) is 4.74 Å². The molecular weight excluding hydrogens is 236 g/mol. The molecular formula is C16H26N2O. The second-order valence-corrected chi connectivity index (χ2v) is 5.62. The van der Waals surface area contributed by atoms with E-state index in [9.17, 15) is 0 Å². The van der Waals surface area contributed by atoms with E-state index in [0.717, 1.165) is 45.7 Å². The standard InChI is InChI=1S/C16H26N2O/c1-3-18(15-7-5-4-6-14(15)2)13-16(12-17)8-10-19-11-9-16/h4-7H,3,8-13,17H2,1-2H3. The summed E-state index contributed by atoms with van der Waals surface area (Å²) in [5.41, 5.74) is 8.97. The minimum absolute atomic E-state index is 0.219. The molecule has 0 aliphatic carbocycles.